The van der Waals surface area contributed by atoms with E-state index in [0.717, 1.165) is 6.20 Å². The molecule has 1 N–H and O–H groups in total. The van der Waals surface area contributed by atoms with Crippen LogP contribution in [-0.4, -0.2) is 23.1 Å². The van der Waals surface area contributed by atoms with E-state index in [-0.39, 0.29) is 1.43 Å². The molecule has 0 aliphatic rings. The molecule has 1 rings (SSSR count). The zero-order valence-electron chi connectivity index (χ0n) is 7.58. The fourth-order valence-corrected chi connectivity index (χ4v) is 0.281. The molecule has 0 spiro atoms. The van der Waals surface area contributed by atoms with Crippen molar-refractivity contribution in [3.63, 3.8) is 0 Å². The minimum atomic E-state index is -0.539. The van der Waals surface area contributed by atoms with Gasteiger partial charge in [0.05, 0.1) is 6.20 Å². The van der Waals surface area contributed by atoms with Gasteiger partial charge in [-0.1, -0.05) is 13.8 Å². The maximum absolute atomic E-state index is 11.7. The quantitative estimate of drug-likeness (QED) is 0.699. The third-order valence-electron chi connectivity index (χ3n) is 1.11. The number of nitrogens with zero attached hydrogens (tertiary/aromatic N) is 2. The topological polar surface area (TPSA) is 37.8 Å². The monoisotopic (exact) mass is 173 g/mol. The molecular formula is C8H16FN3. The third kappa shape index (κ3) is 7.08. The van der Waals surface area contributed by atoms with Crippen molar-refractivity contribution in [1.29, 1.82) is 0 Å². The van der Waals surface area contributed by atoms with Gasteiger partial charge < -0.3 is 5.32 Å². The summed E-state index contributed by atoms with van der Waals surface area (Å²) in [6, 6.07) is 0.634. The number of hydrogen-bond acceptors (Lipinski definition) is 3. The fourth-order valence-electron chi connectivity index (χ4n) is 0.281. The Labute approximate surface area is 73.5 Å². The summed E-state index contributed by atoms with van der Waals surface area (Å²) in [6.07, 6.45) is 3.78. The first kappa shape index (κ1) is 11.0. The van der Waals surface area contributed by atoms with Gasteiger partial charge in [-0.15, -0.1) is 0 Å². The van der Waals surface area contributed by atoms with E-state index in [2.05, 4.69) is 29.1 Å². The van der Waals surface area contributed by atoms with E-state index in [1.54, 1.807) is 0 Å². The third-order valence-corrected chi connectivity index (χ3v) is 1.11. The highest BCUT2D eigenvalue weighted by molar-refractivity contribution is 4.75. The summed E-state index contributed by atoms with van der Waals surface area (Å²) in [6.45, 7) is 4.22. The Morgan fingerprint density at radius 1 is 1.50 bits per heavy atom. The van der Waals surface area contributed by atoms with Crippen LogP contribution in [-0.2, 0) is 0 Å². The summed E-state index contributed by atoms with van der Waals surface area (Å²) >= 11 is 0. The van der Waals surface area contributed by atoms with E-state index in [1.165, 1.54) is 12.4 Å². The van der Waals surface area contributed by atoms with Crippen molar-refractivity contribution in [2.45, 2.75) is 19.9 Å². The summed E-state index contributed by atoms with van der Waals surface area (Å²) in [7, 11) is 1.95. The zero-order valence-corrected chi connectivity index (χ0v) is 7.58. The summed E-state index contributed by atoms with van der Waals surface area (Å²) in [5, 5.41) is 3.03. The van der Waals surface area contributed by atoms with Crippen molar-refractivity contribution < 1.29 is 5.82 Å². The van der Waals surface area contributed by atoms with Crippen molar-refractivity contribution in [3.05, 3.63) is 24.5 Å². The van der Waals surface area contributed by atoms with Crippen LogP contribution in [0.5, 0.6) is 0 Å². The van der Waals surface area contributed by atoms with Crippen LogP contribution in [0.15, 0.2) is 18.6 Å². The number of nitrogens with one attached hydrogen (secondary N) is 1. The van der Waals surface area contributed by atoms with Gasteiger partial charge in [0.25, 0.3) is 0 Å². The lowest BCUT2D eigenvalue weighted by Gasteiger charge is -1.95. The lowest BCUT2D eigenvalue weighted by molar-refractivity contribution is 0.576. The van der Waals surface area contributed by atoms with Gasteiger partial charge in [0.2, 0.25) is 5.95 Å². The van der Waals surface area contributed by atoms with Crippen molar-refractivity contribution in [2.24, 2.45) is 0 Å². The summed E-state index contributed by atoms with van der Waals surface area (Å²) in [4.78, 5) is 6.70. The second-order valence-electron chi connectivity index (χ2n) is 2.47. The van der Waals surface area contributed by atoms with Gasteiger partial charge in [0.15, 0.2) is 0 Å². The maximum atomic E-state index is 11.7. The minimum absolute atomic E-state index is 0. The lowest BCUT2D eigenvalue weighted by Crippen LogP contribution is -2.15. The predicted molar refractivity (Wildman–Crippen MR) is 48.3 cm³/mol. The van der Waals surface area contributed by atoms with Crippen LogP contribution < -0.4 is 5.32 Å². The molecule has 0 bridgehead atoms. The van der Waals surface area contributed by atoms with Crippen molar-refractivity contribution in [3.8, 4) is 0 Å². The molecule has 0 unspecified atom stereocenters. The average molecular weight is 173 g/mol. The number of aromatic nitrogens is 2. The zero-order chi connectivity index (χ0) is 9.40. The van der Waals surface area contributed by atoms with Crippen LogP contribution >= 0.6 is 0 Å². The molecule has 0 aliphatic carbocycles. The summed E-state index contributed by atoms with van der Waals surface area (Å²) < 4.78 is 11.7. The van der Waals surface area contributed by atoms with Gasteiger partial charge in [-0.05, 0) is 7.05 Å². The smallest absolute Gasteiger partial charge is 0.231 e. The van der Waals surface area contributed by atoms with Crippen molar-refractivity contribution in [1.82, 2.24) is 15.3 Å². The lowest BCUT2D eigenvalue weighted by atomic mass is 10.4. The second kappa shape index (κ2) is 6.67. The van der Waals surface area contributed by atoms with E-state index in [9.17, 15) is 4.39 Å². The largest absolute Gasteiger partial charge is 0.318 e. The van der Waals surface area contributed by atoms with Crippen LogP contribution in [0.25, 0.3) is 0 Å². The number of halogens is 1. The second-order valence-corrected chi connectivity index (χ2v) is 2.47. The molecule has 0 fully saturated rings. The normalized spacial score (nSPS) is 9.08. The molecule has 0 aliphatic heterocycles. The highest BCUT2D eigenvalue weighted by atomic mass is 19.1. The molecule has 0 amide bonds. The van der Waals surface area contributed by atoms with Gasteiger partial charge in [-0.3, -0.25) is 4.98 Å². The van der Waals surface area contributed by atoms with E-state index in [1.807, 2.05) is 7.05 Å². The Morgan fingerprint density at radius 2 is 2.08 bits per heavy atom. The Hall–Kier alpha value is -1.03. The van der Waals surface area contributed by atoms with Crippen LogP contribution in [0, 0.1) is 5.95 Å². The molecule has 70 valence electrons. The molecule has 0 aromatic carbocycles. The first-order valence-electron chi connectivity index (χ1n) is 3.75. The molecule has 0 radical (unpaired) electrons. The summed E-state index contributed by atoms with van der Waals surface area (Å²) in [5.74, 6) is -0.539. The molecule has 1 heterocycles. The first-order chi connectivity index (χ1) is 5.66. The number of hydrogen-bond donors (Lipinski definition) is 1. The Balaban J connectivity index is 0. The Morgan fingerprint density at radius 3 is 2.25 bits per heavy atom. The van der Waals surface area contributed by atoms with Crippen molar-refractivity contribution in [2.75, 3.05) is 7.05 Å². The molecule has 1 aromatic heterocycles. The van der Waals surface area contributed by atoms with E-state index >= 15 is 0 Å². The standard InChI is InChI=1S/C4H3FN2.C4H11N.H2/c5-4-3-6-1-2-7-4;1-4(2)5-3;/h1-3H;4-5H,1-3H3;1H. The molecule has 0 saturated heterocycles. The predicted octanol–water partition coefficient (Wildman–Crippen LogP) is 1.48. The number of rotatable bonds is 1. The van der Waals surface area contributed by atoms with Gasteiger partial charge in [-0.2, -0.15) is 4.39 Å². The van der Waals surface area contributed by atoms with Gasteiger partial charge in [0, 0.05) is 19.9 Å². The minimum Gasteiger partial charge on any atom is -0.318 e. The van der Waals surface area contributed by atoms with E-state index in [0.29, 0.717) is 6.04 Å². The molecule has 1 aromatic rings. The molecule has 12 heavy (non-hydrogen) atoms. The fraction of sp³-hybridized carbons (Fsp3) is 0.500. The molecule has 0 saturated carbocycles. The van der Waals surface area contributed by atoms with Crippen LogP contribution in [0.4, 0.5) is 4.39 Å². The van der Waals surface area contributed by atoms with Crippen LogP contribution in [0.3, 0.4) is 0 Å². The highest BCUT2D eigenvalue weighted by Crippen LogP contribution is 1.81. The Bertz CT molecular complexity index is 194. The Kier molecular flexibility index (Phi) is 6.09. The SMILES string of the molecule is CNC(C)C.Fc1cnccn1.[HH]. The van der Waals surface area contributed by atoms with Crippen LogP contribution in [0.1, 0.15) is 15.3 Å². The van der Waals surface area contributed by atoms with Gasteiger partial charge >= 0.3 is 0 Å². The maximum Gasteiger partial charge on any atom is 0.231 e. The van der Waals surface area contributed by atoms with E-state index in [4.69, 9.17) is 0 Å². The molecular weight excluding hydrogens is 157 g/mol. The molecule has 3 nitrogen and oxygen atoms in total. The summed E-state index contributed by atoms with van der Waals surface area (Å²) in [5.41, 5.74) is 0. The average Bonchev–Trinajstić information content (AvgIpc) is 2.07. The highest BCUT2D eigenvalue weighted by Gasteiger charge is 1.80. The molecule has 0 atom stereocenters. The molecule has 4 heteroatoms. The van der Waals surface area contributed by atoms with Gasteiger partial charge in [0.1, 0.15) is 0 Å². The van der Waals surface area contributed by atoms with Crippen molar-refractivity contribution >= 4 is 0 Å². The van der Waals surface area contributed by atoms with Crippen LogP contribution in [0.2, 0.25) is 0 Å². The van der Waals surface area contributed by atoms with Gasteiger partial charge in [-0.25, -0.2) is 4.98 Å². The van der Waals surface area contributed by atoms with E-state index < -0.39 is 5.95 Å². The first-order valence-corrected chi connectivity index (χ1v) is 3.75.